The summed E-state index contributed by atoms with van der Waals surface area (Å²) in [6.07, 6.45) is 0.853. The monoisotopic (exact) mass is 284 g/mol. The smallest absolute Gasteiger partial charge is 0.241 e. The molecular formula is C14H21ClN2O2. The van der Waals surface area contributed by atoms with Crippen LogP contribution in [-0.4, -0.2) is 19.1 Å². The van der Waals surface area contributed by atoms with Crippen LogP contribution in [0.2, 0.25) is 5.02 Å². The van der Waals surface area contributed by atoms with Gasteiger partial charge in [-0.15, -0.1) is 0 Å². The standard InChI is InChI=1S/C14H21ClN2O2/c1-5-8(2)13(16)14(18)17-11-6-9(3)10(15)7-12(11)19-4/h6-8,13H,5,16H2,1-4H3,(H,17,18)/t8-,13-/m0/s1. The molecule has 0 heterocycles. The van der Waals surface area contributed by atoms with Crippen molar-refractivity contribution in [1.29, 1.82) is 0 Å². The summed E-state index contributed by atoms with van der Waals surface area (Å²) in [4.78, 5) is 12.1. The number of carbonyl (C=O) groups excluding carboxylic acids is 1. The highest BCUT2D eigenvalue weighted by Gasteiger charge is 2.20. The number of hydrogen-bond donors (Lipinski definition) is 2. The van der Waals surface area contributed by atoms with Crippen molar-refractivity contribution >= 4 is 23.2 Å². The van der Waals surface area contributed by atoms with E-state index in [1.54, 1.807) is 12.1 Å². The van der Waals surface area contributed by atoms with Gasteiger partial charge in [-0.1, -0.05) is 31.9 Å². The summed E-state index contributed by atoms with van der Waals surface area (Å²) in [5.41, 5.74) is 7.36. The Labute approximate surface area is 119 Å². The fourth-order valence-electron chi connectivity index (χ4n) is 1.66. The zero-order valence-electron chi connectivity index (χ0n) is 11.8. The minimum Gasteiger partial charge on any atom is -0.495 e. The van der Waals surface area contributed by atoms with Crippen LogP contribution in [0, 0.1) is 12.8 Å². The van der Waals surface area contributed by atoms with Gasteiger partial charge in [-0.2, -0.15) is 0 Å². The number of methoxy groups -OCH3 is 1. The van der Waals surface area contributed by atoms with E-state index >= 15 is 0 Å². The summed E-state index contributed by atoms with van der Waals surface area (Å²) in [5, 5.41) is 3.40. The number of carbonyl (C=O) groups is 1. The molecule has 0 fully saturated rings. The summed E-state index contributed by atoms with van der Waals surface area (Å²) in [5.74, 6) is 0.439. The van der Waals surface area contributed by atoms with Gasteiger partial charge in [0.1, 0.15) is 5.75 Å². The molecule has 0 bridgehead atoms. The molecule has 5 heteroatoms. The molecule has 0 saturated heterocycles. The first-order valence-electron chi connectivity index (χ1n) is 6.31. The van der Waals surface area contributed by atoms with Crippen molar-refractivity contribution in [3.63, 3.8) is 0 Å². The van der Waals surface area contributed by atoms with Crippen molar-refractivity contribution in [2.24, 2.45) is 11.7 Å². The Morgan fingerprint density at radius 3 is 2.68 bits per heavy atom. The van der Waals surface area contributed by atoms with E-state index in [4.69, 9.17) is 22.1 Å². The van der Waals surface area contributed by atoms with Gasteiger partial charge < -0.3 is 15.8 Å². The second-order valence-electron chi connectivity index (χ2n) is 4.70. The number of nitrogens with one attached hydrogen (secondary N) is 1. The molecule has 1 amide bonds. The lowest BCUT2D eigenvalue weighted by atomic mass is 9.99. The van der Waals surface area contributed by atoms with Gasteiger partial charge in [0, 0.05) is 11.1 Å². The van der Waals surface area contributed by atoms with E-state index in [2.05, 4.69) is 5.32 Å². The van der Waals surface area contributed by atoms with Crippen LogP contribution < -0.4 is 15.8 Å². The minimum absolute atomic E-state index is 0.124. The number of benzene rings is 1. The molecule has 0 aliphatic heterocycles. The van der Waals surface area contributed by atoms with Gasteiger partial charge in [0.25, 0.3) is 0 Å². The van der Waals surface area contributed by atoms with Crippen LogP contribution in [0.25, 0.3) is 0 Å². The van der Waals surface area contributed by atoms with Crippen LogP contribution in [0.1, 0.15) is 25.8 Å². The molecule has 4 nitrogen and oxygen atoms in total. The fraction of sp³-hybridized carbons (Fsp3) is 0.500. The molecule has 3 N–H and O–H groups in total. The Morgan fingerprint density at radius 2 is 2.16 bits per heavy atom. The minimum atomic E-state index is -0.536. The van der Waals surface area contributed by atoms with Gasteiger partial charge in [0.2, 0.25) is 5.91 Å². The number of amides is 1. The summed E-state index contributed by atoms with van der Waals surface area (Å²) < 4.78 is 5.21. The van der Waals surface area contributed by atoms with Gasteiger partial charge in [0.05, 0.1) is 18.8 Å². The maximum Gasteiger partial charge on any atom is 0.241 e. The third-order valence-electron chi connectivity index (χ3n) is 3.30. The molecule has 0 aromatic heterocycles. The highest BCUT2D eigenvalue weighted by Crippen LogP contribution is 2.31. The molecule has 0 unspecified atom stereocenters. The highest BCUT2D eigenvalue weighted by atomic mass is 35.5. The van der Waals surface area contributed by atoms with Crippen LogP contribution in [0.3, 0.4) is 0 Å². The molecule has 0 radical (unpaired) electrons. The van der Waals surface area contributed by atoms with Gasteiger partial charge >= 0.3 is 0 Å². The number of rotatable bonds is 5. The normalized spacial score (nSPS) is 13.8. The second-order valence-corrected chi connectivity index (χ2v) is 5.11. The van der Waals surface area contributed by atoms with E-state index in [1.165, 1.54) is 7.11 Å². The van der Waals surface area contributed by atoms with Crippen LogP contribution in [0.5, 0.6) is 5.75 Å². The van der Waals surface area contributed by atoms with Gasteiger partial charge in [-0.05, 0) is 24.5 Å². The number of nitrogens with two attached hydrogens (primary N) is 1. The summed E-state index contributed by atoms with van der Waals surface area (Å²) in [7, 11) is 1.53. The molecule has 0 saturated carbocycles. The average molecular weight is 285 g/mol. The van der Waals surface area contributed by atoms with E-state index in [0.29, 0.717) is 16.5 Å². The first kappa shape index (κ1) is 15.8. The molecule has 0 spiro atoms. The van der Waals surface area contributed by atoms with E-state index in [0.717, 1.165) is 12.0 Å². The Kier molecular flexibility index (Phi) is 5.63. The van der Waals surface area contributed by atoms with Crippen LogP contribution in [0.15, 0.2) is 12.1 Å². The lowest BCUT2D eigenvalue weighted by Crippen LogP contribution is -2.40. The SMILES string of the molecule is CC[C@H](C)[C@H](N)C(=O)Nc1cc(C)c(Cl)cc1OC. The Balaban J connectivity index is 2.93. The fourth-order valence-corrected chi connectivity index (χ4v) is 1.81. The zero-order valence-corrected chi connectivity index (χ0v) is 12.5. The molecule has 0 aliphatic carbocycles. The quantitative estimate of drug-likeness (QED) is 0.874. The van der Waals surface area contributed by atoms with Crippen molar-refractivity contribution in [1.82, 2.24) is 0 Å². The Bertz CT molecular complexity index is 463. The van der Waals surface area contributed by atoms with E-state index in [9.17, 15) is 4.79 Å². The highest BCUT2D eigenvalue weighted by molar-refractivity contribution is 6.31. The predicted octanol–water partition coefficient (Wildman–Crippen LogP) is 2.97. The summed E-state index contributed by atoms with van der Waals surface area (Å²) >= 11 is 6.02. The predicted molar refractivity (Wildman–Crippen MR) is 78.8 cm³/mol. The van der Waals surface area contributed by atoms with Gasteiger partial charge in [-0.3, -0.25) is 4.79 Å². The number of hydrogen-bond acceptors (Lipinski definition) is 3. The maximum absolute atomic E-state index is 12.1. The molecular weight excluding hydrogens is 264 g/mol. The maximum atomic E-state index is 12.1. The third-order valence-corrected chi connectivity index (χ3v) is 3.71. The van der Waals surface area contributed by atoms with Crippen molar-refractivity contribution < 1.29 is 9.53 Å². The van der Waals surface area contributed by atoms with Crippen LogP contribution >= 0.6 is 11.6 Å². The number of ether oxygens (including phenoxy) is 1. The molecule has 2 atom stereocenters. The number of halogens is 1. The van der Waals surface area contributed by atoms with Crippen LogP contribution in [0.4, 0.5) is 5.69 Å². The topological polar surface area (TPSA) is 64.4 Å². The van der Waals surface area contributed by atoms with Gasteiger partial charge in [-0.25, -0.2) is 0 Å². The Hall–Kier alpha value is -1.26. The molecule has 1 rings (SSSR count). The Morgan fingerprint density at radius 1 is 1.53 bits per heavy atom. The first-order chi connectivity index (χ1) is 8.90. The lowest BCUT2D eigenvalue weighted by molar-refractivity contribution is -0.118. The molecule has 1 aromatic rings. The lowest BCUT2D eigenvalue weighted by Gasteiger charge is -2.19. The molecule has 106 valence electrons. The van der Waals surface area contributed by atoms with Crippen molar-refractivity contribution in [3.05, 3.63) is 22.7 Å². The van der Waals surface area contributed by atoms with Gasteiger partial charge in [0.15, 0.2) is 0 Å². The van der Waals surface area contributed by atoms with E-state index in [1.807, 2.05) is 20.8 Å². The molecule has 0 aliphatic rings. The van der Waals surface area contributed by atoms with Crippen molar-refractivity contribution in [2.75, 3.05) is 12.4 Å². The summed E-state index contributed by atoms with van der Waals surface area (Å²) in [6, 6.07) is 2.93. The first-order valence-corrected chi connectivity index (χ1v) is 6.69. The van der Waals surface area contributed by atoms with E-state index < -0.39 is 6.04 Å². The van der Waals surface area contributed by atoms with E-state index in [-0.39, 0.29) is 11.8 Å². The zero-order chi connectivity index (χ0) is 14.6. The number of anilines is 1. The average Bonchev–Trinajstić information content (AvgIpc) is 2.40. The van der Waals surface area contributed by atoms with Crippen molar-refractivity contribution in [2.45, 2.75) is 33.2 Å². The third kappa shape index (κ3) is 3.85. The van der Waals surface area contributed by atoms with Crippen LogP contribution in [-0.2, 0) is 4.79 Å². The molecule has 1 aromatic carbocycles. The second kappa shape index (κ2) is 6.78. The summed E-state index contributed by atoms with van der Waals surface area (Å²) in [6.45, 7) is 5.82. The van der Waals surface area contributed by atoms with Crippen molar-refractivity contribution in [3.8, 4) is 5.75 Å². The largest absolute Gasteiger partial charge is 0.495 e. The number of aryl methyl sites for hydroxylation is 1. The molecule has 19 heavy (non-hydrogen) atoms.